The number of imidazole rings is 1. The second kappa shape index (κ2) is 22.5. The van der Waals surface area contributed by atoms with Crippen LogP contribution in [0.2, 0.25) is 0 Å². The number of benzene rings is 4. The predicted octanol–water partition coefficient (Wildman–Crippen LogP) is 8.63. The zero-order valence-electron chi connectivity index (χ0n) is 49.3. The van der Waals surface area contributed by atoms with Crippen molar-refractivity contribution in [3.8, 4) is 11.3 Å². The number of rotatable bonds is 14. The van der Waals surface area contributed by atoms with Gasteiger partial charge >= 0.3 is 0 Å². The van der Waals surface area contributed by atoms with Crippen molar-refractivity contribution in [1.29, 1.82) is 0 Å². The number of nitrogens with zero attached hydrogens (tertiary/aromatic N) is 9. The molecule has 2 aromatic heterocycles. The summed E-state index contributed by atoms with van der Waals surface area (Å²) in [7, 11) is 0. The third kappa shape index (κ3) is 10.4. The third-order valence-electron chi connectivity index (χ3n) is 19.1. The van der Waals surface area contributed by atoms with E-state index in [2.05, 4.69) is 96.8 Å². The molecule has 0 bridgehead atoms. The van der Waals surface area contributed by atoms with Crippen LogP contribution in [0.5, 0.6) is 0 Å². The lowest BCUT2D eigenvalue weighted by Crippen LogP contribution is -2.58. The lowest BCUT2D eigenvalue weighted by Gasteiger charge is -2.48. The van der Waals surface area contributed by atoms with Gasteiger partial charge in [0.1, 0.15) is 17.4 Å². The SMILES string of the molecule is Cc1cc(F)c(Nc2nc(-c3ccc4c(c3)N(C3CC(N5CCCCC5)C3)C(=O)C43CCN(Cc4ccc(CN5CCN(c6ccc7c(c6)C(=O)N(C6CCC(=O)NC6=O)C7=O)CC5)cc4)CC3)cc3ncn(C(C)C)c23)cc1C(=O)NC(C)C. The summed E-state index contributed by atoms with van der Waals surface area (Å²) in [6.07, 6.45) is 9.04. The fraction of sp³-hybridized carbons (Fsp3) is 0.455. The highest BCUT2D eigenvalue weighted by molar-refractivity contribution is 6.24. The number of imide groups is 2. The van der Waals surface area contributed by atoms with Crippen LogP contribution in [-0.2, 0) is 32.9 Å². The Morgan fingerprint density at radius 3 is 2.13 bits per heavy atom. The highest BCUT2D eigenvalue weighted by atomic mass is 19.1. The van der Waals surface area contributed by atoms with E-state index in [4.69, 9.17) is 9.97 Å². The number of likely N-dealkylation sites (tertiary alicyclic amines) is 2. The molecule has 5 fully saturated rings. The van der Waals surface area contributed by atoms with Gasteiger partial charge in [-0.25, -0.2) is 14.4 Å². The molecule has 19 heteroatoms. The molecule has 4 aromatic carbocycles. The zero-order chi connectivity index (χ0) is 59.0. The fourth-order valence-corrected chi connectivity index (χ4v) is 14.3. The van der Waals surface area contributed by atoms with Crippen molar-refractivity contribution >= 4 is 69.4 Å². The average molecular weight is 1150 g/mol. The molecule has 1 saturated carbocycles. The second-order valence-corrected chi connectivity index (χ2v) is 25.3. The van der Waals surface area contributed by atoms with E-state index >= 15 is 9.18 Å². The van der Waals surface area contributed by atoms with Gasteiger partial charge in [0.05, 0.1) is 39.8 Å². The van der Waals surface area contributed by atoms with Crippen LogP contribution in [0.4, 0.5) is 27.3 Å². The standard InChI is InChI=1S/C66H75FN12O6/c1-39(2)69-61(81)49-34-54(52(67)29-41(49)5)71-60-59-55(68-38-77(59)40(3)4)35-53(70-60)44-13-16-51-57(30-44)78(47-31-46(32-47)75-21-7-6-8-22-75)65(85)66(51)19-23-73(24-20-66)36-42-9-11-43(12-10-42)37-74-25-27-76(28-26-74)45-14-15-48-50(33-45)64(84)79(63(48)83)56-17-18-58(80)72-62(56)82/h9-16,29-30,33-35,38-40,46-47,56H,6-8,17-28,31-32,36-37H2,1-5H3,(H,69,81)(H,70,71)(H,72,80,82). The molecular formula is C66H75FN12O6. The number of piperidine rings is 3. The summed E-state index contributed by atoms with van der Waals surface area (Å²) in [5.41, 5.74) is 9.21. The van der Waals surface area contributed by atoms with Crippen LogP contribution in [0.15, 0.2) is 85.2 Å². The number of hydrogen-bond donors (Lipinski definition) is 3. The van der Waals surface area contributed by atoms with Crippen LogP contribution in [0, 0.1) is 12.7 Å². The molecule has 1 spiro atoms. The molecule has 0 radical (unpaired) electrons. The zero-order valence-corrected chi connectivity index (χ0v) is 49.3. The molecule has 1 aliphatic carbocycles. The van der Waals surface area contributed by atoms with Crippen LogP contribution in [0.1, 0.15) is 145 Å². The van der Waals surface area contributed by atoms with Crippen molar-refractivity contribution in [3.05, 3.63) is 130 Å². The van der Waals surface area contributed by atoms with Crippen LogP contribution >= 0.6 is 0 Å². The summed E-state index contributed by atoms with van der Waals surface area (Å²) in [6, 6.07) is 25.1. The van der Waals surface area contributed by atoms with Gasteiger partial charge in [-0.15, -0.1) is 0 Å². The molecule has 18 nitrogen and oxygen atoms in total. The molecule has 1 unspecified atom stereocenters. The van der Waals surface area contributed by atoms with E-state index in [0.717, 1.165) is 111 Å². The van der Waals surface area contributed by atoms with Crippen molar-refractivity contribution in [2.75, 3.05) is 67.5 Å². The minimum Gasteiger partial charge on any atom is -0.369 e. The van der Waals surface area contributed by atoms with E-state index in [-0.39, 0.29) is 59.6 Å². The van der Waals surface area contributed by atoms with Crippen molar-refractivity contribution in [2.24, 2.45) is 0 Å². The highest BCUT2D eigenvalue weighted by Crippen LogP contribution is 2.52. The van der Waals surface area contributed by atoms with Gasteiger partial charge in [0.25, 0.3) is 17.7 Å². The summed E-state index contributed by atoms with van der Waals surface area (Å²) >= 11 is 0. The molecule has 1 atom stereocenters. The maximum atomic E-state index is 16.0. The molecule has 13 rings (SSSR count). The number of aryl methyl sites for hydroxylation is 1. The third-order valence-corrected chi connectivity index (χ3v) is 19.1. The molecular weight excluding hydrogens is 1080 g/mol. The molecule has 8 heterocycles. The lowest BCUT2D eigenvalue weighted by molar-refractivity contribution is -0.136. The van der Waals surface area contributed by atoms with E-state index in [1.165, 1.54) is 36.5 Å². The number of amides is 6. The van der Waals surface area contributed by atoms with Gasteiger partial charge in [-0.3, -0.25) is 48.8 Å². The number of aromatic nitrogens is 3. The molecule has 442 valence electrons. The number of carbonyl (C=O) groups is 6. The first kappa shape index (κ1) is 56.3. The summed E-state index contributed by atoms with van der Waals surface area (Å²) in [5, 5.41) is 8.50. The van der Waals surface area contributed by atoms with E-state index in [1.807, 2.05) is 30.5 Å². The molecule has 85 heavy (non-hydrogen) atoms. The Kier molecular flexibility index (Phi) is 14.9. The molecule has 6 aromatic rings. The Bertz CT molecular complexity index is 3660. The van der Waals surface area contributed by atoms with E-state index in [9.17, 15) is 24.0 Å². The Labute approximate surface area is 495 Å². The van der Waals surface area contributed by atoms with Crippen LogP contribution < -0.4 is 25.8 Å². The van der Waals surface area contributed by atoms with Gasteiger partial charge in [0.15, 0.2) is 5.82 Å². The Morgan fingerprint density at radius 2 is 1.45 bits per heavy atom. The van der Waals surface area contributed by atoms with E-state index < -0.39 is 40.9 Å². The van der Waals surface area contributed by atoms with Gasteiger partial charge < -0.3 is 29.9 Å². The van der Waals surface area contributed by atoms with Crippen molar-refractivity contribution in [3.63, 3.8) is 0 Å². The molecule has 6 aliphatic heterocycles. The van der Waals surface area contributed by atoms with Gasteiger partial charge in [0.2, 0.25) is 17.7 Å². The normalized spacial score (nSPS) is 22.0. The van der Waals surface area contributed by atoms with Gasteiger partial charge in [0, 0.05) is 92.4 Å². The van der Waals surface area contributed by atoms with Crippen LogP contribution in [0.3, 0.4) is 0 Å². The molecule has 7 aliphatic rings. The van der Waals surface area contributed by atoms with E-state index in [1.54, 1.807) is 31.5 Å². The lowest BCUT2D eigenvalue weighted by atomic mass is 9.73. The Morgan fingerprint density at radius 1 is 0.753 bits per heavy atom. The Hall–Kier alpha value is -7.87. The number of carbonyl (C=O) groups excluding carboxylic acids is 6. The number of piperazine rings is 1. The topological polar surface area (TPSA) is 189 Å². The number of hydrogen-bond acceptors (Lipinski definition) is 13. The largest absolute Gasteiger partial charge is 0.369 e. The van der Waals surface area contributed by atoms with Crippen LogP contribution in [-0.4, -0.2) is 146 Å². The first-order chi connectivity index (χ1) is 41.0. The Balaban J connectivity index is 0.691. The summed E-state index contributed by atoms with van der Waals surface area (Å²) in [6.45, 7) is 18.2. The molecule has 3 N–H and O–H groups in total. The van der Waals surface area contributed by atoms with Crippen molar-refractivity contribution in [1.82, 2.24) is 44.8 Å². The first-order valence-electron chi connectivity index (χ1n) is 30.6. The smallest absolute Gasteiger partial charge is 0.262 e. The number of halogens is 1. The molecule has 6 amide bonds. The molecule has 4 saturated heterocycles. The van der Waals surface area contributed by atoms with Gasteiger partial charge in [-0.2, -0.15) is 0 Å². The predicted molar refractivity (Wildman–Crippen MR) is 323 cm³/mol. The maximum Gasteiger partial charge on any atom is 0.262 e. The number of fused-ring (bicyclic) bond motifs is 4. The second-order valence-electron chi connectivity index (χ2n) is 25.3. The van der Waals surface area contributed by atoms with Gasteiger partial charge in [-0.05, 0) is 170 Å². The summed E-state index contributed by atoms with van der Waals surface area (Å²) in [4.78, 5) is 103. The van der Waals surface area contributed by atoms with Crippen molar-refractivity contribution < 1.29 is 33.2 Å². The fourth-order valence-electron chi connectivity index (χ4n) is 14.3. The maximum absolute atomic E-state index is 16.0. The number of anilines is 4. The van der Waals surface area contributed by atoms with Gasteiger partial charge in [-0.1, -0.05) is 42.8 Å². The number of pyridine rings is 1. The summed E-state index contributed by atoms with van der Waals surface area (Å²) in [5.74, 6) is -2.18. The number of nitrogens with one attached hydrogen (secondary N) is 3. The van der Waals surface area contributed by atoms with Crippen LogP contribution in [0.25, 0.3) is 22.3 Å². The van der Waals surface area contributed by atoms with E-state index in [0.29, 0.717) is 47.0 Å². The summed E-state index contributed by atoms with van der Waals surface area (Å²) < 4.78 is 18.0. The average Bonchev–Trinajstić information content (AvgIpc) is 1.65. The highest BCUT2D eigenvalue weighted by Gasteiger charge is 2.56. The minimum atomic E-state index is -0.995. The monoisotopic (exact) mass is 1150 g/mol. The quantitative estimate of drug-likeness (QED) is 0.0881. The van der Waals surface area contributed by atoms with Crippen molar-refractivity contribution in [2.45, 2.75) is 141 Å². The minimum absolute atomic E-state index is 0.0294. The first-order valence-corrected chi connectivity index (χ1v) is 30.6.